The first-order chi connectivity index (χ1) is 7.21. The lowest BCUT2D eigenvalue weighted by Crippen LogP contribution is -2.29. The van der Waals surface area contributed by atoms with Crippen LogP contribution in [0.2, 0.25) is 0 Å². The van der Waals surface area contributed by atoms with Crippen molar-refractivity contribution in [2.45, 2.75) is 32.6 Å². The van der Waals surface area contributed by atoms with Crippen LogP contribution in [-0.2, 0) is 23.7 Å². The van der Waals surface area contributed by atoms with Crippen LogP contribution in [0, 0.1) is 0 Å². The predicted molar refractivity (Wildman–Crippen MR) is 59.5 cm³/mol. The van der Waals surface area contributed by atoms with Crippen LogP contribution in [0.15, 0.2) is 10.9 Å². The van der Waals surface area contributed by atoms with E-state index >= 15 is 0 Å². The Labute approximate surface area is 93.7 Å². The van der Waals surface area contributed by atoms with Crippen LogP contribution in [0.4, 0.5) is 0 Å². The van der Waals surface area contributed by atoms with Crippen molar-refractivity contribution in [2.75, 3.05) is 0 Å². The Morgan fingerprint density at radius 3 is 2.50 bits per heavy atom. The summed E-state index contributed by atoms with van der Waals surface area (Å²) in [6, 6.07) is 1.58. The zero-order chi connectivity index (χ0) is 12.5. The van der Waals surface area contributed by atoms with Gasteiger partial charge in [0.15, 0.2) is 0 Å². The summed E-state index contributed by atoms with van der Waals surface area (Å²) in [6.07, 6.45) is -0.266. The first kappa shape index (κ1) is 12.4. The summed E-state index contributed by atoms with van der Waals surface area (Å²) in [7, 11) is 1.53. The van der Waals surface area contributed by atoms with E-state index in [1.807, 2.05) is 20.8 Å². The lowest BCUT2D eigenvalue weighted by molar-refractivity contribution is -0.136. The summed E-state index contributed by atoms with van der Waals surface area (Å²) in [4.78, 5) is 22.2. The third kappa shape index (κ3) is 2.68. The van der Waals surface area contributed by atoms with Crippen molar-refractivity contribution in [3.05, 3.63) is 27.7 Å². The number of aryl methyl sites for hydroxylation is 1. The molecular formula is C11H16N2O3. The minimum Gasteiger partial charge on any atom is -0.481 e. The van der Waals surface area contributed by atoms with Crippen molar-refractivity contribution in [1.29, 1.82) is 0 Å². The van der Waals surface area contributed by atoms with Crippen molar-refractivity contribution in [1.82, 2.24) is 9.78 Å². The summed E-state index contributed by atoms with van der Waals surface area (Å²) in [6.45, 7) is 5.89. The van der Waals surface area contributed by atoms with E-state index in [-0.39, 0.29) is 23.0 Å². The van der Waals surface area contributed by atoms with Crippen LogP contribution >= 0.6 is 0 Å². The maximum atomic E-state index is 11.6. The standard InChI is InChI=1S/C11H16N2O3/c1-11(2,3)8-5-7(6-9(14)15)10(16)13(4)12-8/h5H,6H2,1-4H3,(H,14,15). The zero-order valence-electron chi connectivity index (χ0n) is 9.94. The minimum atomic E-state index is -1.01. The Hall–Kier alpha value is -1.65. The third-order valence-corrected chi connectivity index (χ3v) is 2.25. The van der Waals surface area contributed by atoms with Crippen LogP contribution in [-0.4, -0.2) is 20.9 Å². The largest absolute Gasteiger partial charge is 0.481 e. The highest BCUT2D eigenvalue weighted by molar-refractivity contribution is 5.70. The SMILES string of the molecule is Cn1nc(C(C)(C)C)cc(CC(=O)O)c1=O. The van der Waals surface area contributed by atoms with E-state index in [9.17, 15) is 9.59 Å². The van der Waals surface area contributed by atoms with Gasteiger partial charge in [-0.2, -0.15) is 5.10 Å². The van der Waals surface area contributed by atoms with Gasteiger partial charge in [-0.3, -0.25) is 9.59 Å². The normalized spacial score (nSPS) is 11.5. The van der Waals surface area contributed by atoms with Gasteiger partial charge in [0.1, 0.15) is 0 Å². The molecule has 0 aliphatic rings. The number of aromatic nitrogens is 2. The second kappa shape index (κ2) is 4.08. The number of rotatable bonds is 2. The van der Waals surface area contributed by atoms with Crippen molar-refractivity contribution in [3.63, 3.8) is 0 Å². The fourth-order valence-electron chi connectivity index (χ4n) is 1.33. The monoisotopic (exact) mass is 224 g/mol. The Bertz CT molecular complexity index is 469. The molecule has 1 aromatic rings. The number of hydrogen-bond donors (Lipinski definition) is 1. The maximum absolute atomic E-state index is 11.6. The average Bonchev–Trinajstić information content (AvgIpc) is 2.10. The lowest BCUT2D eigenvalue weighted by Gasteiger charge is -2.18. The molecule has 1 heterocycles. The summed E-state index contributed by atoms with van der Waals surface area (Å²) in [5.74, 6) is -1.01. The smallest absolute Gasteiger partial charge is 0.308 e. The van der Waals surface area contributed by atoms with E-state index in [1.54, 1.807) is 6.07 Å². The van der Waals surface area contributed by atoms with E-state index in [2.05, 4.69) is 5.10 Å². The molecule has 0 radical (unpaired) electrons. The molecule has 0 unspecified atom stereocenters. The fraction of sp³-hybridized carbons (Fsp3) is 0.545. The number of nitrogens with zero attached hydrogens (tertiary/aromatic N) is 2. The predicted octanol–water partition coefficient (Wildman–Crippen LogP) is 0.705. The molecule has 0 aliphatic carbocycles. The van der Waals surface area contributed by atoms with Gasteiger partial charge in [0, 0.05) is 18.0 Å². The number of aliphatic carboxylic acids is 1. The van der Waals surface area contributed by atoms with Gasteiger partial charge >= 0.3 is 5.97 Å². The van der Waals surface area contributed by atoms with Crippen LogP contribution in [0.5, 0.6) is 0 Å². The second-order valence-corrected chi connectivity index (χ2v) is 4.80. The lowest BCUT2D eigenvalue weighted by atomic mass is 9.91. The summed E-state index contributed by atoms with van der Waals surface area (Å²) < 4.78 is 1.19. The van der Waals surface area contributed by atoms with E-state index in [4.69, 9.17) is 5.11 Å². The van der Waals surface area contributed by atoms with Crippen LogP contribution < -0.4 is 5.56 Å². The van der Waals surface area contributed by atoms with Crippen molar-refractivity contribution >= 4 is 5.97 Å². The zero-order valence-corrected chi connectivity index (χ0v) is 9.94. The summed E-state index contributed by atoms with van der Waals surface area (Å²) >= 11 is 0. The van der Waals surface area contributed by atoms with E-state index in [0.717, 1.165) is 0 Å². The molecule has 0 aromatic carbocycles. The molecule has 0 aliphatic heterocycles. The number of carboxylic acid groups (broad SMARTS) is 1. The molecule has 5 nitrogen and oxygen atoms in total. The van der Waals surface area contributed by atoms with Gasteiger partial charge in [-0.1, -0.05) is 20.8 Å². The highest BCUT2D eigenvalue weighted by Gasteiger charge is 2.19. The molecule has 16 heavy (non-hydrogen) atoms. The number of hydrogen-bond acceptors (Lipinski definition) is 3. The molecule has 0 atom stereocenters. The number of carboxylic acids is 1. The number of carbonyl (C=O) groups is 1. The molecule has 1 N–H and O–H groups in total. The molecule has 0 amide bonds. The Balaban J connectivity index is 3.33. The summed E-state index contributed by atoms with van der Waals surface area (Å²) in [5.41, 5.74) is 0.426. The van der Waals surface area contributed by atoms with Gasteiger partial charge in [0.25, 0.3) is 5.56 Å². The Morgan fingerprint density at radius 1 is 1.50 bits per heavy atom. The van der Waals surface area contributed by atoms with Crippen molar-refractivity contribution < 1.29 is 9.90 Å². The molecule has 0 bridgehead atoms. The van der Waals surface area contributed by atoms with E-state index < -0.39 is 5.97 Å². The molecule has 5 heteroatoms. The fourth-order valence-corrected chi connectivity index (χ4v) is 1.33. The van der Waals surface area contributed by atoms with Crippen molar-refractivity contribution in [2.24, 2.45) is 7.05 Å². The van der Waals surface area contributed by atoms with Gasteiger partial charge < -0.3 is 5.11 Å². The first-order valence-electron chi connectivity index (χ1n) is 5.01. The Kier molecular flexibility index (Phi) is 3.16. The third-order valence-electron chi connectivity index (χ3n) is 2.25. The minimum absolute atomic E-state index is 0.210. The summed E-state index contributed by atoms with van der Waals surface area (Å²) in [5, 5.41) is 12.8. The first-order valence-corrected chi connectivity index (χ1v) is 5.01. The van der Waals surface area contributed by atoms with Crippen LogP contribution in [0.1, 0.15) is 32.0 Å². The van der Waals surface area contributed by atoms with Crippen LogP contribution in [0.25, 0.3) is 0 Å². The average molecular weight is 224 g/mol. The highest BCUT2D eigenvalue weighted by atomic mass is 16.4. The van der Waals surface area contributed by atoms with Gasteiger partial charge in [0.05, 0.1) is 12.1 Å². The second-order valence-electron chi connectivity index (χ2n) is 4.80. The van der Waals surface area contributed by atoms with Gasteiger partial charge in [-0.15, -0.1) is 0 Å². The van der Waals surface area contributed by atoms with Crippen LogP contribution in [0.3, 0.4) is 0 Å². The topological polar surface area (TPSA) is 72.2 Å². The molecule has 0 saturated carbocycles. The molecule has 0 fully saturated rings. The highest BCUT2D eigenvalue weighted by Crippen LogP contribution is 2.19. The molecule has 0 spiro atoms. The molecule has 88 valence electrons. The van der Waals surface area contributed by atoms with Gasteiger partial charge in [0.2, 0.25) is 0 Å². The Morgan fingerprint density at radius 2 is 2.06 bits per heavy atom. The molecule has 1 rings (SSSR count). The van der Waals surface area contributed by atoms with Gasteiger partial charge in [-0.05, 0) is 6.07 Å². The van der Waals surface area contributed by atoms with Crippen molar-refractivity contribution in [3.8, 4) is 0 Å². The molecule has 1 aromatic heterocycles. The molecule has 0 saturated heterocycles. The van der Waals surface area contributed by atoms with E-state index in [0.29, 0.717) is 5.69 Å². The van der Waals surface area contributed by atoms with Gasteiger partial charge in [-0.25, -0.2) is 4.68 Å². The molecular weight excluding hydrogens is 208 g/mol. The quantitative estimate of drug-likeness (QED) is 0.802. The maximum Gasteiger partial charge on any atom is 0.308 e. The van der Waals surface area contributed by atoms with E-state index in [1.165, 1.54) is 11.7 Å².